The van der Waals surface area contributed by atoms with Crippen molar-refractivity contribution in [3.63, 3.8) is 0 Å². The molecule has 0 N–H and O–H groups in total. The normalized spacial score (nSPS) is 16.3. The zero-order valence-corrected chi connectivity index (χ0v) is 17.7. The minimum absolute atomic E-state index is 0.0159. The molecule has 2 heterocycles. The molecule has 1 saturated heterocycles. The van der Waals surface area contributed by atoms with Crippen LogP contribution >= 0.6 is 0 Å². The summed E-state index contributed by atoms with van der Waals surface area (Å²) in [4.78, 5) is 0.848. The van der Waals surface area contributed by atoms with Crippen LogP contribution in [0.5, 0.6) is 0 Å². The van der Waals surface area contributed by atoms with E-state index in [0.29, 0.717) is 11.5 Å². The molecule has 0 radical (unpaired) electrons. The van der Waals surface area contributed by atoms with Crippen LogP contribution < -0.4 is 0 Å². The van der Waals surface area contributed by atoms with Gasteiger partial charge in [-0.1, -0.05) is 6.07 Å². The Labute approximate surface area is 185 Å². The van der Waals surface area contributed by atoms with Crippen LogP contribution in [0.15, 0.2) is 47.4 Å². The summed E-state index contributed by atoms with van der Waals surface area (Å²) >= 11 is 0. The standard InChI is InChI=1S/C19H17F5N6O2S/c20-15-2-1-3-16(21)18(15)33(31,32)29-10-8-28(9-11-29)12-17-25-26-27-30(17)14-6-4-13(5-7-14)19(22,23)24/h1-7H,8-12H2. The SMILES string of the molecule is O=S(=O)(c1c(F)cccc1F)N1CCN(Cc2nnnn2-c2ccc(C(F)(F)F)cc2)CC1. The van der Waals surface area contributed by atoms with E-state index in [9.17, 15) is 30.4 Å². The Hall–Kier alpha value is -2.97. The summed E-state index contributed by atoms with van der Waals surface area (Å²) in [7, 11) is -4.36. The number of piperazine rings is 1. The first-order valence-electron chi connectivity index (χ1n) is 9.69. The summed E-state index contributed by atoms with van der Waals surface area (Å²) in [6.45, 7) is 0.621. The number of nitrogens with zero attached hydrogens (tertiary/aromatic N) is 6. The van der Waals surface area contributed by atoms with Gasteiger partial charge in [0.25, 0.3) is 0 Å². The van der Waals surface area contributed by atoms with Gasteiger partial charge >= 0.3 is 6.18 Å². The lowest BCUT2D eigenvalue weighted by Gasteiger charge is -2.33. The molecule has 2 aromatic carbocycles. The highest BCUT2D eigenvalue weighted by molar-refractivity contribution is 7.89. The monoisotopic (exact) mass is 488 g/mol. The molecule has 1 aromatic heterocycles. The molecule has 0 amide bonds. The lowest BCUT2D eigenvalue weighted by atomic mass is 10.2. The fraction of sp³-hybridized carbons (Fsp3) is 0.316. The van der Waals surface area contributed by atoms with Crippen molar-refractivity contribution in [3.05, 3.63) is 65.5 Å². The van der Waals surface area contributed by atoms with Crippen molar-refractivity contribution >= 4 is 10.0 Å². The van der Waals surface area contributed by atoms with Gasteiger partial charge in [0, 0.05) is 26.2 Å². The number of rotatable bonds is 5. The van der Waals surface area contributed by atoms with Crippen LogP contribution in [0.1, 0.15) is 11.4 Å². The van der Waals surface area contributed by atoms with E-state index in [4.69, 9.17) is 0 Å². The first kappa shape index (κ1) is 23.2. The molecule has 1 aliphatic heterocycles. The second-order valence-electron chi connectivity index (χ2n) is 7.28. The molecule has 3 aromatic rings. The predicted molar refractivity (Wildman–Crippen MR) is 105 cm³/mol. The molecule has 1 fully saturated rings. The second-order valence-corrected chi connectivity index (χ2v) is 9.16. The number of tetrazole rings is 1. The van der Waals surface area contributed by atoms with Gasteiger partial charge in [-0.15, -0.1) is 5.10 Å². The van der Waals surface area contributed by atoms with E-state index < -0.39 is 38.3 Å². The number of sulfonamides is 1. The lowest BCUT2D eigenvalue weighted by Crippen LogP contribution is -2.48. The Kier molecular flexibility index (Phi) is 6.16. The minimum atomic E-state index is -4.46. The highest BCUT2D eigenvalue weighted by Crippen LogP contribution is 2.29. The molecule has 33 heavy (non-hydrogen) atoms. The summed E-state index contributed by atoms with van der Waals surface area (Å²) in [5, 5.41) is 11.3. The highest BCUT2D eigenvalue weighted by atomic mass is 32.2. The molecular formula is C19H17F5N6O2S. The van der Waals surface area contributed by atoms with Crippen molar-refractivity contribution in [2.45, 2.75) is 17.6 Å². The van der Waals surface area contributed by atoms with Crippen molar-refractivity contribution in [3.8, 4) is 5.69 Å². The summed E-state index contributed by atoms with van der Waals surface area (Å²) in [5.74, 6) is -1.98. The predicted octanol–water partition coefficient (Wildman–Crippen LogP) is 2.47. The Morgan fingerprint density at radius 3 is 2.09 bits per heavy atom. The van der Waals surface area contributed by atoms with Gasteiger partial charge in [0.05, 0.1) is 17.8 Å². The number of hydrogen-bond acceptors (Lipinski definition) is 6. The van der Waals surface area contributed by atoms with Crippen LogP contribution in [-0.2, 0) is 22.7 Å². The molecule has 0 saturated carbocycles. The zero-order chi connectivity index (χ0) is 23.8. The maximum atomic E-state index is 14.0. The van der Waals surface area contributed by atoms with Gasteiger partial charge < -0.3 is 0 Å². The molecule has 14 heteroatoms. The molecule has 0 aliphatic carbocycles. The van der Waals surface area contributed by atoms with Crippen LogP contribution in [-0.4, -0.2) is 64.0 Å². The minimum Gasteiger partial charge on any atom is -0.293 e. The van der Waals surface area contributed by atoms with Gasteiger partial charge in [-0.05, 0) is 46.8 Å². The van der Waals surface area contributed by atoms with Crippen molar-refractivity contribution in [2.75, 3.05) is 26.2 Å². The van der Waals surface area contributed by atoms with Crippen LogP contribution in [0.4, 0.5) is 22.0 Å². The summed E-state index contributed by atoms with van der Waals surface area (Å²) in [6.07, 6.45) is -4.46. The zero-order valence-electron chi connectivity index (χ0n) is 16.9. The lowest BCUT2D eigenvalue weighted by molar-refractivity contribution is -0.137. The van der Waals surface area contributed by atoms with Crippen LogP contribution in [0.25, 0.3) is 5.69 Å². The fourth-order valence-corrected chi connectivity index (χ4v) is 5.01. The molecule has 0 bridgehead atoms. The van der Waals surface area contributed by atoms with Gasteiger partial charge in [0.2, 0.25) is 10.0 Å². The van der Waals surface area contributed by atoms with Gasteiger partial charge in [0.1, 0.15) is 11.6 Å². The van der Waals surface area contributed by atoms with Gasteiger partial charge in [0.15, 0.2) is 10.7 Å². The van der Waals surface area contributed by atoms with Crippen LogP contribution in [0, 0.1) is 11.6 Å². The van der Waals surface area contributed by atoms with E-state index in [1.54, 1.807) is 0 Å². The van der Waals surface area contributed by atoms with Crippen molar-refractivity contribution in [2.24, 2.45) is 0 Å². The number of halogens is 5. The highest BCUT2D eigenvalue weighted by Gasteiger charge is 2.33. The van der Waals surface area contributed by atoms with E-state index in [0.717, 1.165) is 34.6 Å². The topological polar surface area (TPSA) is 84.2 Å². The number of aromatic nitrogens is 4. The number of alkyl halides is 3. The molecular weight excluding hydrogens is 471 g/mol. The van der Waals surface area contributed by atoms with Crippen molar-refractivity contribution < 1.29 is 30.4 Å². The smallest absolute Gasteiger partial charge is 0.293 e. The third kappa shape index (κ3) is 4.72. The van der Waals surface area contributed by atoms with E-state index >= 15 is 0 Å². The average Bonchev–Trinajstić information content (AvgIpc) is 3.21. The second kappa shape index (κ2) is 8.76. The molecule has 0 atom stereocenters. The summed E-state index contributed by atoms with van der Waals surface area (Å²) in [6, 6.07) is 7.19. The number of benzene rings is 2. The number of hydrogen-bond donors (Lipinski definition) is 0. The Morgan fingerprint density at radius 1 is 0.909 bits per heavy atom. The van der Waals surface area contributed by atoms with E-state index in [1.165, 1.54) is 16.8 Å². The van der Waals surface area contributed by atoms with E-state index in [1.807, 2.05) is 4.90 Å². The van der Waals surface area contributed by atoms with Crippen LogP contribution in [0.2, 0.25) is 0 Å². The van der Waals surface area contributed by atoms with E-state index in [2.05, 4.69) is 15.5 Å². The van der Waals surface area contributed by atoms with Crippen molar-refractivity contribution in [1.82, 2.24) is 29.4 Å². The van der Waals surface area contributed by atoms with E-state index in [-0.39, 0.29) is 32.7 Å². The van der Waals surface area contributed by atoms with Gasteiger partial charge in [-0.3, -0.25) is 4.90 Å². The fourth-order valence-electron chi connectivity index (χ4n) is 3.48. The molecule has 0 unspecified atom stereocenters. The van der Waals surface area contributed by atoms with Gasteiger partial charge in [-0.2, -0.15) is 22.2 Å². The quantitative estimate of drug-likeness (QED) is 0.513. The van der Waals surface area contributed by atoms with Gasteiger partial charge in [-0.25, -0.2) is 17.2 Å². The first-order valence-corrected chi connectivity index (χ1v) is 11.1. The summed E-state index contributed by atoms with van der Waals surface area (Å²) in [5.41, 5.74) is -0.469. The Bertz CT molecular complexity index is 1220. The Morgan fingerprint density at radius 2 is 1.52 bits per heavy atom. The van der Waals surface area contributed by atoms with Crippen molar-refractivity contribution in [1.29, 1.82) is 0 Å². The first-order chi connectivity index (χ1) is 15.6. The molecule has 176 valence electrons. The third-order valence-corrected chi connectivity index (χ3v) is 7.14. The Balaban J connectivity index is 1.44. The average molecular weight is 488 g/mol. The molecule has 8 nitrogen and oxygen atoms in total. The molecule has 0 spiro atoms. The summed E-state index contributed by atoms with van der Waals surface area (Å²) < 4.78 is 94.0. The molecule has 1 aliphatic rings. The largest absolute Gasteiger partial charge is 0.416 e. The third-order valence-electron chi connectivity index (χ3n) is 5.19. The maximum absolute atomic E-state index is 14.0. The maximum Gasteiger partial charge on any atom is 0.416 e. The molecule has 4 rings (SSSR count). The van der Waals surface area contributed by atoms with Crippen LogP contribution in [0.3, 0.4) is 0 Å².